The van der Waals surface area contributed by atoms with Crippen LogP contribution in [0.4, 0.5) is 5.69 Å². The van der Waals surface area contributed by atoms with Gasteiger partial charge in [-0.1, -0.05) is 48.0 Å². The second-order valence-electron chi connectivity index (χ2n) is 10.6. The van der Waals surface area contributed by atoms with Gasteiger partial charge in [0, 0.05) is 12.1 Å². The molecule has 0 spiro atoms. The van der Waals surface area contributed by atoms with Crippen LogP contribution in [0.25, 0.3) is 0 Å². The molecule has 3 aromatic rings. The van der Waals surface area contributed by atoms with Gasteiger partial charge in [0.05, 0.1) is 11.9 Å². The van der Waals surface area contributed by atoms with Crippen molar-refractivity contribution in [2.24, 2.45) is 0 Å². The van der Waals surface area contributed by atoms with Crippen molar-refractivity contribution in [3.63, 3.8) is 0 Å². The molecule has 9 heteroatoms. The van der Waals surface area contributed by atoms with Crippen LogP contribution in [0.1, 0.15) is 38.8 Å². The Labute approximate surface area is 231 Å². The molecule has 208 valence electrons. The Morgan fingerprint density at radius 3 is 2.10 bits per heavy atom. The smallest absolute Gasteiger partial charge is 0.244 e. The van der Waals surface area contributed by atoms with E-state index in [2.05, 4.69) is 5.32 Å². The zero-order valence-electron chi connectivity index (χ0n) is 23.3. The molecule has 0 bridgehead atoms. The minimum absolute atomic E-state index is 0.153. The summed E-state index contributed by atoms with van der Waals surface area (Å²) in [6.07, 6.45) is 1.05. The molecule has 8 nitrogen and oxygen atoms in total. The van der Waals surface area contributed by atoms with Crippen LogP contribution in [0.2, 0.25) is 0 Å². The third-order valence-electron chi connectivity index (χ3n) is 5.88. The molecule has 0 radical (unpaired) electrons. The Kier molecular flexibility index (Phi) is 9.40. The first kappa shape index (κ1) is 29.7. The lowest BCUT2D eigenvalue weighted by atomic mass is 10.1. The number of hydrogen-bond donors (Lipinski definition) is 1. The van der Waals surface area contributed by atoms with Crippen molar-refractivity contribution in [3.8, 4) is 11.5 Å². The molecule has 0 aliphatic rings. The van der Waals surface area contributed by atoms with Crippen LogP contribution in [-0.4, -0.2) is 49.5 Å². The molecule has 0 aliphatic carbocycles. The largest absolute Gasteiger partial charge is 0.457 e. The minimum Gasteiger partial charge on any atom is -0.457 e. The van der Waals surface area contributed by atoms with Gasteiger partial charge in [-0.05, 0) is 76.6 Å². The number of nitrogens with zero attached hydrogens (tertiary/aromatic N) is 2. The maximum absolute atomic E-state index is 13.7. The molecule has 0 saturated heterocycles. The van der Waals surface area contributed by atoms with E-state index in [0.29, 0.717) is 17.2 Å². The zero-order valence-corrected chi connectivity index (χ0v) is 24.2. The number of aryl methyl sites for hydroxylation is 1. The Morgan fingerprint density at radius 2 is 1.54 bits per heavy atom. The highest BCUT2D eigenvalue weighted by Gasteiger charge is 2.31. The van der Waals surface area contributed by atoms with Gasteiger partial charge in [0.15, 0.2) is 0 Å². The van der Waals surface area contributed by atoms with Gasteiger partial charge in [-0.15, -0.1) is 0 Å². The Bertz CT molecular complexity index is 1380. The molecule has 1 atom stereocenters. The van der Waals surface area contributed by atoms with Crippen LogP contribution in [-0.2, 0) is 26.2 Å². The number of carbonyl (C=O) groups excluding carboxylic acids is 2. The topological polar surface area (TPSA) is 96.0 Å². The first-order valence-electron chi connectivity index (χ1n) is 12.7. The predicted molar refractivity (Wildman–Crippen MR) is 154 cm³/mol. The summed E-state index contributed by atoms with van der Waals surface area (Å²) in [5, 5.41) is 2.91. The average Bonchev–Trinajstić information content (AvgIpc) is 2.85. The van der Waals surface area contributed by atoms with Crippen LogP contribution in [0.5, 0.6) is 11.5 Å². The van der Waals surface area contributed by atoms with E-state index in [0.717, 1.165) is 21.7 Å². The van der Waals surface area contributed by atoms with E-state index >= 15 is 0 Å². The number of nitrogens with one attached hydrogen (secondary N) is 1. The van der Waals surface area contributed by atoms with Crippen molar-refractivity contribution < 1.29 is 22.7 Å². The van der Waals surface area contributed by atoms with E-state index in [4.69, 9.17) is 4.74 Å². The number of sulfonamides is 1. The van der Waals surface area contributed by atoms with Gasteiger partial charge in [0.2, 0.25) is 21.8 Å². The second-order valence-corrected chi connectivity index (χ2v) is 12.5. The van der Waals surface area contributed by atoms with Crippen molar-refractivity contribution in [1.82, 2.24) is 10.2 Å². The minimum atomic E-state index is -3.83. The van der Waals surface area contributed by atoms with Crippen molar-refractivity contribution in [2.75, 3.05) is 17.1 Å². The zero-order chi connectivity index (χ0) is 28.8. The summed E-state index contributed by atoms with van der Waals surface area (Å²) >= 11 is 0. The molecule has 39 heavy (non-hydrogen) atoms. The molecular weight excluding hydrogens is 514 g/mol. The average molecular weight is 552 g/mol. The van der Waals surface area contributed by atoms with Gasteiger partial charge in [-0.2, -0.15) is 0 Å². The molecule has 0 fully saturated rings. The molecular formula is C30H37N3O5S. The van der Waals surface area contributed by atoms with Gasteiger partial charge in [-0.3, -0.25) is 13.9 Å². The van der Waals surface area contributed by atoms with Crippen molar-refractivity contribution >= 4 is 27.5 Å². The molecule has 1 N–H and O–H groups in total. The summed E-state index contributed by atoms with van der Waals surface area (Å²) in [5.41, 5.74) is 1.68. The van der Waals surface area contributed by atoms with Gasteiger partial charge in [-0.25, -0.2) is 8.42 Å². The quantitative estimate of drug-likeness (QED) is 0.387. The molecule has 3 aromatic carbocycles. The predicted octanol–water partition coefficient (Wildman–Crippen LogP) is 4.89. The third kappa shape index (κ3) is 8.85. The van der Waals surface area contributed by atoms with Crippen molar-refractivity contribution in [2.45, 2.75) is 52.7 Å². The molecule has 0 saturated carbocycles. The van der Waals surface area contributed by atoms with E-state index in [-0.39, 0.29) is 12.5 Å². The number of anilines is 1. The molecule has 3 rings (SSSR count). The van der Waals surface area contributed by atoms with E-state index in [1.165, 1.54) is 4.90 Å². The van der Waals surface area contributed by atoms with Crippen LogP contribution < -0.4 is 14.4 Å². The van der Waals surface area contributed by atoms with Crippen molar-refractivity contribution in [1.29, 1.82) is 0 Å². The summed E-state index contributed by atoms with van der Waals surface area (Å²) in [5.74, 6) is 0.355. The highest BCUT2D eigenvalue weighted by molar-refractivity contribution is 7.92. The van der Waals surface area contributed by atoms with Crippen LogP contribution >= 0.6 is 0 Å². The maximum Gasteiger partial charge on any atom is 0.244 e. The number of benzene rings is 3. The van der Waals surface area contributed by atoms with Gasteiger partial charge < -0.3 is 15.0 Å². The molecule has 2 amide bonds. The Balaban J connectivity index is 1.87. The fourth-order valence-corrected chi connectivity index (χ4v) is 4.83. The van der Waals surface area contributed by atoms with E-state index < -0.39 is 34.1 Å². The fraction of sp³-hybridized carbons (Fsp3) is 0.333. The number of carbonyl (C=O) groups is 2. The third-order valence-corrected chi connectivity index (χ3v) is 7.02. The fourth-order valence-electron chi connectivity index (χ4n) is 3.98. The lowest BCUT2D eigenvalue weighted by molar-refractivity contribution is -0.140. The van der Waals surface area contributed by atoms with Gasteiger partial charge >= 0.3 is 0 Å². The Morgan fingerprint density at radius 1 is 0.923 bits per heavy atom. The summed E-state index contributed by atoms with van der Waals surface area (Å²) in [4.78, 5) is 28.2. The van der Waals surface area contributed by atoms with E-state index in [1.54, 1.807) is 31.2 Å². The lowest BCUT2D eigenvalue weighted by Gasteiger charge is -2.33. The number of rotatable bonds is 10. The molecule has 1 unspecified atom stereocenters. The van der Waals surface area contributed by atoms with E-state index in [9.17, 15) is 18.0 Å². The van der Waals surface area contributed by atoms with Crippen LogP contribution in [0.3, 0.4) is 0 Å². The standard InChI is InChI=1S/C30H37N3O5S/c1-22-11-10-12-24(19-22)20-32(23(2)29(35)31-30(3,4)5)28(34)21-33(39(6,36)37)25-15-17-27(18-16-25)38-26-13-8-7-9-14-26/h7-19,23H,20-21H2,1-6H3,(H,31,35). The summed E-state index contributed by atoms with van der Waals surface area (Å²) in [7, 11) is -3.83. The molecule has 0 heterocycles. The first-order valence-corrected chi connectivity index (χ1v) is 14.6. The van der Waals surface area contributed by atoms with Gasteiger partial charge in [0.1, 0.15) is 24.1 Å². The SMILES string of the molecule is Cc1cccc(CN(C(=O)CN(c2ccc(Oc3ccccc3)cc2)S(C)(=O)=O)C(C)C(=O)NC(C)(C)C)c1. The van der Waals surface area contributed by atoms with Crippen LogP contribution in [0, 0.1) is 6.92 Å². The molecule has 0 aromatic heterocycles. The van der Waals surface area contributed by atoms with E-state index in [1.807, 2.05) is 82.3 Å². The summed E-state index contributed by atoms with van der Waals surface area (Å²) in [6, 6.07) is 22.5. The van der Waals surface area contributed by atoms with Crippen LogP contribution in [0.15, 0.2) is 78.9 Å². The number of hydrogen-bond acceptors (Lipinski definition) is 5. The summed E-state index contributed by atoms with van der Waals surface area (Å²) in [6.45, 7) is 8.87. The molecule has 0 aliphatic heterocycles. The second kappa shape index (κ2) is 12.3. The summed E-state index contributed by atoms with van der Waals surface area (Å²) < 4.78 is 32.5. The maximum atomic E-state index is 13.7. The monoisotopic (exact) mass is 551 g/mol. The normalized spacial score (nSPS) is 12.4. The number of ether oxygens (including phenoxy) is 1. The lowest BCUT2D eigenvalue weighted by Crippen LogP contribution is -2.54. The van der Waals surface area contributed by atoms with Crippen molar-refractivity contribution in [3.05, 3.63) is 90.0 Å². The Hall–Kier alpha value is -3.85. The van der Waals surface area contributed by atoms with Gasteiger partial charge in [0.25, 0.3) is 0 Å². The first-order chi connectivity index (χ1) is 18.2. The highest BCUT2D eigenvalue weighted by atomic mass is 32.2. The highest BCUT2D eigenvalue weighted by Crippen LogP contribution is 2.26. The number of para-hydroxylation sites is 1. The number of amides is 2.